The summed E-state index contributed by atoms with van der Waals surface area (Å²) in [5.41, 5.74) is 5.52. The van der Waals surface area contributed by atoms with E-state index in [2.05, 4.69) is 4.98 Å². The third-order valence-corrected chi connectivity index (χ3v) is 3.00. The number of rotatable bonds is 3. The van der Waals surface area contributed by atoms with Crippen LogP contribution < -0.4 is 5.73 Å². The van der Waals surface area contributed by atoms with Crippen LogP contribution in [0, 0.1) is 6.92 Å². The van der Waals surface area contributed by atoms with E-state index in [0.29, 0.717) is 10.7 Å². The van der Waals surface area contributed by atoms with E-state index in [-0.39, 0.29) is 18.7 Å². The second kappa shape index (κ2) is 3.53. The summed E-state index contributed by atoms with van der Waals surface area (Å²) in [4.78, 5) is 4.68. The molecule has 0 atom stereocenters. The zero-order chi connectivity index (χ0) is 11.1. The SMILES string of the molecule is Cc1nc2sccn2c1C(F)(F)CCN. The van der Waals surface area contributed by atoms with E-state index in [1.54, 1.807) is 18.5 Å². The highest BCUT2D eigenvalue weighted by Gasteiger charge is 2.36. The van der Waals surface area contributed by atoms with Crippen LogP contribution in [-0.2, 0) is 5.92 Å². The van der Waals surface area contributed by atoms with Crippen molar-refractivity contribution in [2.24, 2.45) is 5.73 Å². The number of nitrogens with zero attached hydrogens (tertiary/aromatic N) is 2. The van der Waals surface area contributed by atoms with Crippen LogP contribution in [0.4, 0.5) is 8.78 Å². The number of hydrogen-bond acceptors (Lipinski definition) is 3. The van der Waals surface area contributed by atoms with Crippen molar-refractivity contribution >= 4 is 16.3 Å². The number of imidazole rings is 1. The number of alkyl halides is 2. The lowest BCUT2D eigenvalue weighted by atomic mass is 10.1. The van der Waals surface area contributed by atoms with Crippen molar-refractivity contribution < 1.29 is 8.78 Å². The fraction of sp³-hybridized carbons (Fsp3) is 0.444. The molecule has 0 aliphatic heterocycles. The highest BCUT2D eigenvalue weighted by Crippen LogP contribution is 2.34. The molecule has 0 amide bonds. The third kappa shape index (κ3) is 1.63. The van der Waals surface area contributed by atoms with E-state index in [9.17, 15) is 8.78 Å². The molecular formula is C9H11F2N3S. The molecule has 0 unspecified atom stereocenters. The highest BCUT2D eigenvalue weighted by atomic mass is 32.1. The Balaban J connectivity index is 2.58. The van der Waals surface area contributed by atoms with E-state index in [1.165, 1.54) is 15.7 Å². The van der Waals surface area contributed by atoms with Gasteiger partial charge in [-0.05, 0) is 13.5 Å². The number of nitrogens with two attached hydrogens (primary N) is 1. The lowest BCUT2D eigenvalue weighted by Gasteiger charge is -2.15. The molecule has 0 saturated carbocycles. The number of aromatic nitrogens is 2. The minimum atomic E-state index is -2.90. The van der Waals surface area contributed by atoms with Crippen LogP contribution in [0.1, 0.15) is 17.8 Å². The van der Waals surface area contributed by atoms with Gasteiger partial charge in [0.15, 0.2) is 4.96 Å². The molecule has 2 aromatic heterocycles. The number of hydrogen-bond donors (Lipinski definition) is 1. The normalized spacial score (nSPS) is 12.5. The van der Waals surface area contributed by atoms with Crippen molar-refractivity contribution in [2.75, 3.05) is 6.54 Å². The predicted molar refractivity (Wildman–Crippen MR) is 55.4 cm³/mol. The number of thiazole rings is 1. The van der Waals surface area contributed by atoms with Gasteiger partial charge in [-0.25, -0.2) is 4.98 Å². The van der Waals surface area contributed by atoms with Gasteiger partial charge in [0, 0.05) is 18.0 Å². The zero-order valence-corrected chi connectivity index (χ0v) is 9.02. The average molecular weight is 231 g/mol. The maximum atomic E-state index is 13.7. The van der Waals surface area contributed by atoms with Crippen LogP contribution >= 0.6 is 11.3 Å². The highest BCUT2D eigenvalue weighted by molar-refractivity contribution is 7.15. The zero-order valence-electron chi connectivity index (χ0n) is 8.20. The first-order chi connectivity index (χ1) is 7.06. The van der Waals surface area contributed by atoms with Gasteiger partial charge in [0.1, 0.15) is 5.69 Å². The first-order valence-corrected chi connectivity index (χ1v) is 5.45. The van der Waals surface area contributed by atoms with Crippen molar-refractivity contribution in [3.8, 4) is 0 Å². The van der Waals surface area contributed by atoms with Crippen LogP contribution in [0.2, 0.25) is 0 Å². The van der Waals surface area contributed by atoms with Crippen LogP contribution in [0.3, 0.4) is 0 Å². The van der Waals surface area contributed by atoms with E-state index in [1.807, 2.05) is 0 Å². The van der Waals surface area contributed by atoms with E-state index in [0.717, 1.165) is 0 Å². The average Bonchev–Trinajstić information content (AvgIpc) is 2.61. The van der Waals surface area contributed by atoms with Gasteiger partial charge < -0.3 is 5.73 Å². The largest absolute Gasteiger partial charge is 0.330 e. The Kier molecular flexibility index (Phi) is 2.47. The first-order valence-electron chi connectivity index (χ1n) is 4.57. The molecule has 0 bridgehead atoms. The lowest BCUT2D eigenvalue weighted by Crippen LogP contribution is -2.21. The van der Waals surface area contributed by atoms with E-state index < -0.39 is 5.92 Å². The maximum Gasteiger partial charge on any atom is 0.291 e. The van der Waals surface area contributed by atoms with Crippen molar-refractivity contribution in [3.05, 3.63) is 23.0 Å². The monoisotopic (exact) mass is 231 g/mol. The van der Waals surface area contributed by atoms with Gasteiger partial charge in [0.2, 0.25) is 0 Å². The van der Waals surface area contributed by atoms with Crippen LogP contribution in [0.25, 0.3) is 4.96 Å². The summed E-state index contributed by atoms with van der Waals surface area (Å²) in [6, 6.07) is 0. The second-order valence-corrected chi connectivity index (χ2v) is 4.22. The third-order valence-electron chi connectivity index (χ3n) is 2.24. The fourth-order valence-corrected chi connectivity index (χ4v) is 2.39. The molecule has 0 spiro atoms. The fourth-order valence-electron chi connectivity index (χ4n) is 1.63. The number of aryl methyl sites for hydroxylation is 1. The van der Waals surface area contributed by atoms with Crippen molar-refractivity contribution in [2.45, 2.75) is 19.3 Å². The van der Waals surface area contributed by atoms with Gasteiger partial charge in [-0.15, -0.1) is 11.3 Å². The summed E-state index contributed by atoms with van der Waals surface area (Å²) < 4.78 is 28.9. The van der Waals surface area contributed by atoms with Gasteiger partial charge in [-0.3, -0.25) is 4.40 Å². The summed E-state index contributed by atoms with van der Waals surface area (Å²) in [7, 11) is 0. The molecule has 0 aliphatic rings. The Bertz CT molecular complexity index is 475. The summed E-state index contributed by atoms with van der Waals surface area (Å²) in [5.74, 6) is -2.90. The molecule has 6 heteroatoms. The summed E-state index contributed by atoms with van der Waals surface area (Å²) >= 11 is 1.34. The molecule has 2 rings (SSSR count). The van der Waals surface area contributed by atoms with Gasteiger partial charge in [-0.2, -0.15) is 8.78 Å². The second-order valence-electron chi connectivity index (χ2n) is 3.34. The Hall–Kier alpha value is -1.01. The van der Waals surface area contributed by atoms with Gasteiger partial charge >= 0.3 is 0 Å². The molecule has 2 aromatic rings. The Morgan fingerprint density at radius 3 is 3.00 bits per heavy atom. The summed E-state index contributed by atoms with van der Waals surface area (Å²) in [5, 5.41) is 1.74. The molecular weight excluding hydrogens is 220 g/mol. The Morgan fingerprint density at radius 2 is 2.33 bits per heavy atom. The van der Waals surface area contributed by atoms with Crippen LogP contribution in [0.15, 0.2) is 11.6 Å². The molecule has 2 N–H and O–H groups in total. The standard InChI is InChI=1S/C9H11F2N3S/c1-6-7(9(10,11)2-3-12)14-4-5-15-8(14)13-6/h4-5H,2-3,12H2,1H3. The molecule has 2 heterocycles. The van der Waals surface area contributed by atoms with Crippen LogP contribution in [-0.4, -0.2) is 15.9 Å². The lowest BCUT2D eigenvalue weighted by molar-refractivity contribution is -0.0165. The minimum absolute atomic E-state index is 0.0378. The van der Waals surface area contributed by atoms with Crippen LogP contribution in [0.5, 0.6) is 0 Å². The molecule has 82 valence electrons. The predicted octanol–water partition coefficient (Wildman–Crippen LogP) is 2.14. The molecule has 0 fully saturated rings. The first kappa shape index (κ1) is 10.5. The van der Waals surface area contributed by atoms with Crippen molar-refractivity contribution in [1.29, 1.82) is 0 Å². The number of fused-ring (bicyclic) bond motifs is 1. The summed E-state index contributed by atoms with van der Waals surface area (Å²) in [6.45, 7) is 1.56. The maximum absolute atomic E-state index is 13.7. The molecule has 3 nitrogen and oxygen atoms in total. The molecule has 0 aromatic carbocycles. The molecule has 0 radical (unpaired) electrons. The Labute approximate surface area is 89.5 Å². The minimum Gasteiger partial charge on any atom is -0.330 e. The van der Waals surface area contributed by atoms with E-state index in [4.69, 9.17) is 5.73 Å². The number of halogens is 2. The topological polar surface area (TPSA) is 43.3 Å². The van der Waals surface area contributed by atoms with Gasteiger partial charge in [0.05, 0.1) is 5.69 Å². The molecule has 0 aliphatic carbocycles. The van der Waals surface area contributed by atoms with E-state index >= 15 is 0 Å². The smallest absolute Gasteiger partial charge is 0.291 e. The van der Waals surface area contributed by atoms with Gasteiger partial charge in [-0.1, -0.05) is 0 Å². The molecule has 0 saturated heterocycles. The Morgan fingerprint density at radius 1 is 1.60 bits per heavy atom. The molecule has 15 heavy (non-hydrogen) atoms. The quantitative estimate of drug-likeness (QED) is 0.879. The van der Waals surface area contributed by atoms with Crippen molar-refractivity contribution in [3.63, 3.8) is 0 Å². The summed E-state index contributed by atoms with van der Waals surface area (Å²) in [6.07, 6.45) is 1.26. The van der Waals surface area contributed by atoms with Gasteiger partial charge in [0.25, 0.3) is 5.92 Å². The van der Waals surface area contributed by atoms with Crippen molar-refractivity contribution in [1.82, 2.24) is 9.38 Å².